The van der Waals surface area contributed by atoms with Crippen LogP contribution in [0.3, 0.4) is 0 Å². The predicted molar refractivity (Wildman–Crippen MR) is 117 cm³/mol. The van der Waals surface area contributed by atoms with Gasteiger partial charge in [-0.2, -0.15) is 0 Å². The Bertz CT molecular complexity index is 518. The molecule has 25 heavy (non-hydrogen) atoms. The number of ether oxygens (including phenoxy) is 1. The van der Waals surface area contributed by atoms with Gasteiger partial charge < -0.3 is 15.4 Å². The van der Waals surface area contributed by atoms with Crippen LogP contribution in [0.15, 0.2) is 29.3 Å². The quantitative estimate of drug-likeness (QED) is 0.239. The summed E-state index contributed by atoms with van der Waals surface area (Å²) >= 11 is 6.02. The summed E-state index contributed by atoms with van der Waals surface area (Å²) in [5, 5.41) is 7.69. The SMILES string of the molecule is CCOCCCCNC(=NC)NCC1(c2ccc(Cl)cc2)CCC1.I. The molecule has 4 nitrogen and oxygen atoms in total. The molecule has 1 fully saturated rings. The molecule has 1 saturated carbocycles. The highest BCUT2D eigenvalue weighted by Gasteiger charge is 2.38. The predicted octanol–water partition coefficient (Wildman–Crippen LogP) is 4.36. The maximum Gasteiger partial charge on any atom is 0.191 e. The van der Waals surface area contributed by atoms with Gasteiger partial charge in [0.1, 0.15) is 0 Å². The molecule has 1 aromatic rings. The highest BCUT2D eigenvalue weighted by Crippen LogP contribution is 2.43. The summed E-state index contributed by atoms with van der Waals surface area (Å²) in [5.74, 6) is 0.881. The monoisotopic (exact) mass is 479 g/mol. The molecule has 0 atom stereocenters. The van der Waals surface area contributed by atoms with Crippen molar-refractivity contribution < 1.29 is 4.74 Å². The average Bonchev–Trinajstić information content (AvgIpc) is 2.56. The third kappa shape index (κ3) is 6.94. The summed E-state index contributed by atoms with van der Waals surface area (Å²) < 4.78 is 5.36. The summed E-state index contributed by atoms with van der Waals surface area (Å²) in [4.78, 5) is 4.33. The van der Waals surface area contributed by atoms with Gasteiger partial charge in [0.15, 0.2) is 5.96 Å². The number of aliphatic imine (C=N–C) groups is 1. The van der Waals surface area contributed by atoms with Gasteiger partial charge in [0.25, 0.3) is 0 Å². The van der Waals surface area contributed by atoms with E-state index in [2.05, 4.69) is 27.8 Å². The summed E-state index contributed by atoms with van der Waals surface area (Å²) in [6, 6.07) is 8.30. The van der Waals surface area contributed by atoms with Crippen molar-refractivity contribution in [3.8, 4) is 0 Å². The van der Waals surface area contributed by atoms with Crippen molar-refractivity contribution in [1.29, 1.82) is 0 Å². The lowest BCUT2D eigenvalue weighted by Crippen LogP contribution is -2.49. The van der Waals surface area contributed by atoms with Gasteiger partial charge in [-0.05, 0) is 50.3 Å². The maximum atomic E-state index is 6.02. The molecular formula is C19H31ClIN3O. The maximum absolute atomic E-state index is 6.02. The average molecular weight is 480 g/mol. The summed E-state index contributed by atoms with van der Waals surface area (Å²) in [7, 11) is 1.82. The largest absolute Gasteiger partial charge is 0.382 e. The molecule has 6 heteroatoms. The summed E-state index contributed by atoms with van der Waals surface area (Å²) in [5.41, 5.74) is 1.59. The van der Waals surface area contributed by atoms with Gasteiger partial charge in [-0.15, -0.1) is 24.0 Å². The Balaban J connectivity index is 0.00000312. The van der Waals surface area contributed by atoms with Crippen LogP contribution in [0.25, 0.3) is 0 Å². The molecular weight excluding hydrogens is 449 g/mol. The van der Waals surface area contributed by atoms with Crippen molar-refractivity contribution >= 4 is 41.5 Å². The summed E-state index contributed by atoms with van der Waals surface area (Å²) in [6.07, 6.45) is 5.88. The second kappa shape index (κ2) is 12.0. The van der Waals surface area contributed by atoms with E-state index in [4.69, 9.17) is 16.3 Å². The molecule has 0 saturated heterocycles. The Morgan fingerprint density at radius 3 is 2.48 bits per heavy atom. The van der Waals surface area contributed by atoms with E-state index in [1.165, 1.54) is 24.8 Å². The molecule has 0 amide bonds. The Labute approximate surface area is 174 Å². The van der Waals surface area contributed by atoms with E-state index >= 15 is 0 Å². The zero-order valence-corrected chi connectivity index (χ0v) is 18.4. The van der Waals surface area contributed by atoms with Gasteiger partial charge in [0, 0.05) is 43.8 Å². The topological polar surface area (TPSA) is 45.6 Å². The number of guanidine groups is 1. The van der Waals surface area contributed by atoms with E-state index in [0.717, 1.165) is 50.1 Å². The van der Waals surface area contributed by atoms with Crippen molar-refractivity contribution in [3.63, 3.8) is 0 Å². The molecule has 142 valence electrons. The minimum absolute atomic E-state index is 0. The number of hydrogen-bond donors (Lipinski definition) is 2. The highest BCUT2D eigenvalue weighted by atomic mass is 127. The highest BCUT2D eigenvalue weighted by molar-refractivity contribution is 14.0. The summed E-state index contributed by atoms with van der Waals surface area (Å²) in [6.45, 7) is 5.49. The Morgan fingerprint density at radius 2 is 1.92 bits per heavy atom. The van der Waals surface area contributed by atoms with Crippen molar-refractivity contribution in [3.05, 3.63) is 34.9 Å². The van der Waals surface area contributed by atoms with Crippen LogP contribution in [0.4, 0.5) is 0 Å². The zero-order chi connectivity index (χ0) is 17.3. The molecule has 0 spiro atoms. The van der Waals surface area contributed by atoms with E-state index < -0.39 is 0 Å². The second-order valence-corrected chi connectivity index (χ2v) is 6.83. The number of nitrogens with zero attached hydrogens (tertiary/aromatic N) is 1. The molecule has 1 aromatic carbocycles. The first kappa shape index (κ1) is 22.5. The van der Waals surface area contributed by atoms with Crippen molar-refractivity contribution in [2.24, 2.45) is 4.99 Å². The number of rotatable bonds is 9. The fourth-order valence-corrected chi connectivity index (χ4v) is 3.25. The van der Waals surface area contributed by atoms with Crippen LogP contribution >= 0.6 is 35.6 Å². The van der Waals surface area contributed by atoms with E-state index in [-0.39, 0.29) is 29.4 Å². The molecule has 0 aliphatic heterocycles. The van der Waals surface area contributed by atoms with E-state index in [9.17, 15) is 0 Å². The second-order valence-electron chi connectivity index (χ2n) is 6.40. The molecule has 2 N–H and O–H groups in total. The van der Waals surface area contributed by atoms with Crippen LogP contribution in [0.1, 0.15) is 44.6 Å². The molecule has 0 heterocycles. The fraction of sp³-hybridized carbons (Fsp3) is 0.632. The van der Waals surface area contributed by atoms with Gasteiger partial charge in [-0.25, -0.2) is 0 Å². The standard InChI is InChI=1S/C19H30ClN3O.HI/c1-3-24-14-5-4-13-22-18(21-2)23-15-19(11-6-12-19)16-7-9-17(20)10-8-16;/h7-10H,3-6,11-15H2,1-2H3,(H2,21,22,23);1H. The van der Waals surface area contributed by atoms with Crippen LogP contribution in [0.2, 0.25) is 5.02 Å². The van der Waals surface area contributed by atoms with Crippen LogP contribution < -0.4 is 10.6 Å². The Hall–Kier alpha value is -0.530. The number of halogens is 2. The normalized spacial score (nSPS) is 15.9. The van der Waals surface area contributed by atoms with Gasteiger partial charge in [0.05, 0.1) is 0 Å². The van der Waals surface area contributed by atoms with E-state index in [0.29, 0.717) is 0 Å². The van der Waals surface area contributed by atoms with Crippen molar-refractivity contribution in [2.45, 2.75) is 44.4 Å². The van der Waals surface area contributed by atoms with Crippen LogP contribution in [0.5, 0.6) is 0 Å². The number of benzene rings is 1. The van der Waals surface area contributed by atoms with Crippen molar-refractivity contribution in [1.82, 2.24) is 10.6 Å². The molecule has 1 aliphatic carbocycles. The third-order valence-corrected chi connectivity index (χ3v) is 5.05. The van der Waals surface area contributed by atoms with Crippen molar-refractivity contribution in [2.75, 3.05) is 33.4 Å². The first-order valence-electron chi connectivity index (χ1n) is 8.98. The van der Waals surface area contributed by atoms with Crippen LogP contribution in [-0.2, 0) is 10.2 Å². The first-order chi connectivity index (χ1) is 11.7. The molecule has 0 aromatic heterocycles. The zero-order valence-electron chi connectivity index (χ0n) is 15.3. The molecule has 0 bridgehead atoms. The molecule has 0 unspecified atom stereocenters. The van der Waals surface area contributed by atoms with E-state index in [1.54, 1.807) is 0 Å². The number of nitrogens with one attached hydrogen (secondary N) is 2. The van der Waals surface area contributed by atoms with Gasteiger partial charge >= 0.3 is 0 Å². The lowest BCUT2D eigenvalue weighted by molar-refractivity contribution is 0.143. The smallest absolute Gasteiger partial charge is 0.191 e. The lowest BCUT2D eigenvalue weighted by atomic mass is 9.64. The van der Waals surface area contributed by atoms with Crippen LogP contribution in [-0.4, -0.2) is 39.3 Å². The Morgan fingerprint density at radius 1 is 1.20 bits per heavy atom. The molecule has 2 rings (SSSR count). The lowest BCUT2D eigenvalue weighted by Gasteiger charge is -2.43. The first-order valence-corrected chi connectivity index (χ1v) is 9.36. The fourth-order valence-electron chi connectivity index (χ4n) is 3.13. The number of unbranched alkanes of at least 4 members (excludes halogenated alkanes) is 1. The Kier molecular flexibility index (Phi) is 10.8. The minimum Gasteiger partial charge on any atom is -0.382 e. The van der Waals surface area contributed by atoms with E-state index in [1.807, 2.05) is 26.1 Å². The van der Waals surface area contributed by atoms with Crippen LogP contribution in [0, 0.1) is 0 Å². The molecule has 0 radical (unpaired) electrons. The van der Waals surface area contributed by atoms with Gasteiger partial charge in [0.2, 0.25) is 0 Å². The van der Waals surface area contributed by atoms with Gasteiger partial charge in [-0.1, -0.05) is 30.2 Å². The van der Waals surface area contributed by atoms with Gasteiger partial charge in [-0.3, -0.25) is 4.99 Å². The third-order valence-electron chi connectivity index (χ3n) is 4.80. The molecule has 1 aliphatic rings. The minimum atomic E-state index is 0. The number of hydrogen-bond acceptors (Lipinski definition) is 2.